The molecule has 0 aromatic heterocycles. The fourth-order valence-corrected chi connectivity index (χ4v) is 1.60. The Kier molecular flexibility index (Phi) is 2.66. The fraction of sp³-hybridized carbons (Fsp3) is 0.600. The van der Waals surface area contributed by atoms with Crippen LogP contribution in [-0.4, -0.2) is 35.6 Å². The lowest BCUT2D eigenvalue weighted by Crippen LogP contribution is -2.32. The van der Waals surface area contributed by atoms with E-state index in [1.165, 1.54) is 11.4 Å². The number of hydrogen-bond donors (Lipinski definition) is 1. The largest absolute Gasteiger partial charge is 0.390 e. The van der Waals surface area contributed by atoms with E-state index in [1.807, 2.05) is 25.9 Å². The summed E-state index contributed by atoms with van der Waals surface area (Å²) in [5.41, 5.74) is 4.52. The Balaban J connectivity index is 3.13. The van der Waals surface area contributed by atoms with Crippen molar-refractivity contribution in [3.63, 3.8) is 0 Å². The van der Waals surface area contributed by atoms with E-state index in [0.29, 0.717) is 0 Å². The van der Waals surface area contributed by atoms with E-state index in [0.717, 1.165) is 11.4 Å². The Morgan fingerprint density at radius 3 is 1.85 bits per heavy atom. The second-order valence-corrected chi connectivity index (χ2v) is 3.48. The first-order valence-corrected chi connectivity index (χ1v) is 4.46. The summed E-state index contributed by atoms with van der Waals surface area (Å²) in [5, 5.41) is 9.20. The van der Waals surface area contributed by atoms with Crippen LogP contribution in [0, 0.1) is 0 Å². The van der Waals surface area contributed by atoms with Crippen LogP contribution in [0.5, 0.6) is 0 Å². The van der Waals surface area contributed by atoms with Crippen LogP contribution in [0.2, 0.25) is 0 Å². The maximum Gasteiger partial charge on any atom is 0.0850 e. The fourth-order valence-electron chi connectivity index (χ4n) is 1.60. The summed E-state index contributed by atoms with van der Waals surface area (Å²) in [7, 11) is 4.01. The second kappa shape index (κ2) is 3.42. The van der Waals surface area contributed by atoms with Crippen molar-refractivity contribution in [3.8, 4) is 0 Å². The molecule has 3 nitrogen and oxygen atoms in total. The van der Waals surface area contributed by atoms with E-state index in [4.69, 9.17) is 0 Å². The van der Waals surface area contributed by atoms with Gasteiger partial charge in [-0.05, 0) is 20.8 Å². The monoisotopic (exact) mass is 182 g/mol. The third-order valence-electron chi connectivity index (χ3n) is 3.01. The van der Waals surface area contributed by atoms with Crippen molar-refractivity contribution in [3.05, 3.63) is 22.8 Å². The van der Waals surface area contributed by atoms with Crippen molar-refractivity contribution in [2.75, 3.05) is 20.7 Å². The average Bonchev–Trinajstić information content (AvgIpc) is 2.13. The zero-order valence-electron chi connectivity index (χ0n) is 9.05. The van der Waals surface area contributed by atoms with Crippen LogP contribution < -0.4 is 0 Å². The lowest BCUT2D eigenvalue weighted by Gasteiger charge is -2.36. The van der Waals surface area contributed by atoms with Crippen molar-refractivity contribution in [1.29, 1.82) is 0 Å². The Morgan fingerprint density at radius 2 is 1.38 bits per heavy atom. The molecule has 0 aliphatic carbocycles. The lowest BCUT2D eigenvalue weighted by molar-refractivity contribution is 0.269. The highest BCUT2D eigenvalue weighted by molar-refractivity contribution is 5.27. The van der Waals surface area contributed by atoms with Gasteiger partial charge in [-0.1, -0.05) is 0 Å². The van der Waals surface area contributed by atoms with Gasteiger partial charge in [0.1, 0.15) is 0 Å². The molecule has 0 aromatic carbocycles. The maximum absolute atomic E-state index is 9.20. The molecule has 13 heavy (non-hydrogen) atoms. The Labute approximate surface area is 80.0 Å². The second-order valence-electron chi connectivity index (χ2n) is 3.48. The summed E-state index contributed by atoms with van der Waals surface area (Å²) in [6.07, 6.45) is 0. The molecular formula is C10H18N2O. The van der Waals surface area contributed by atoms with Crippen molar-refractivity contribution < 1.29 is 5.11 Å². The van der Waals surface area contributed by atoms with Gasteiger partial charge in [0.2, 0.25) is 0 Å². The number of allylic oxidation sites excluding steroid dienone is 3. The zero-order valence-corrected chi connectivity index (χ0v) is 9.05. The van der Waals surface area contributed by atoms with Crippen LogP contribution >= 0.6 is 0 Å². The van der Waals surface area contributed by atoms with Crippen LogP contribution in [0.4, 0.5) is 0 Å². The minimum atomic E-state index is 0.0945. The van der Waals surface area contributed by atoms with Gasteiger partial charge in [-0.15, -0.1) is 0 Å². The number of aliphatic hydroxyl groups excluding tert-OH is 1. The van der Waals surface area contributed by atoms with Crippen molar-refractivity contribution >= 4 is 0 Å². The molecule has 1 rings (SSSR count). The molecule has 0 spiro atoms. The molecule has 0 bridgehead atoms. The predicted molar refractivity (Wildman–Crippen MR) is 53.7 cm³/mol. The standard InChI is InChI=1S/C10H18N2O/c1-7-8(2)12(5)10(6-13)9(3)11(7)4/h13H,6H2,1-5H3. The summed E-state index contributed by atoms with van der Waals surface area (Å²) < 4.78 is 0. The summed E-state index contributed by atoms with van der Waals surface area (Å²) in [4.78, 5) is 4.16. The lowest BCUT2D eigenvalue weighted by atomic mass is 10.2. The quantitative estimate of drug-likeness (QED) is 0.663. The molecule has 1 N–H and O–H groups in total. The van der Waals surface area contributed by atoms with Gasteiger partial charge >= 0.3 is 0 Å². The highest BCUT2D eigenvalue weighted by Crippen LogP contribution is 2.27. The molecule has 0 radical (unpaired) electrons. The topological polar surface area (TPSA) is 26.7 Å². The number of rotatable bonds is 1. The van der Waals surface area contributed by atoms with Crippen LogP contribution in [0.25, 0.3) is 0 Å². The SMILES string of the molecule is CC1=C(C)N(C)C(CO)=C(C)N1C. The van der Waals surface area contributed by atoms with Gasteiger partial charge in [0, 0.05) is 31.2 Å². The zero-order chi connectivity index (χ0) is 10.2. The predicted octanol–water partition coefficient (Wildman–Crippen LogP) is 1.34. The first kappa shape index (κ1) is 10.1. The molecule has 0 amide bonds. The van der Waals surface area contributed by atoms with E-state index in [-0.39, 0.29) is 6.61 Å². The normalized spacial score (nSPS) is 18.9. The number of nitrogens with zero attached hydrogens (tertiary/aromatic N) is 2. The minimum absolute atomic E-state index is 0.0945. The number of hydrogen-bond acceptors (Lipinski definition) is 3. The summed E-state index contributed by atoms with van der Waals surface area (Å²) >= 11 is 0. The van der Waals surface area contributed by atoms with E-state index in [9.17, 15) is 5.11 Å². The van der Waals surface area contributed by atoms with Gasteiger partial charge in [-0.25, -0.2) is 0 Å². The molecule has 3 heteroatoms. The van der Waals surface area contributed by atoms with Gasteiger partial charge < -0.3 is 14.9 Å². The van der Waals surface area contributed by atoms with Gasteiger partial charge in [-0.2, -0.15) is 0 Å². The Bertz CT molecular complexity index is 279. The van der Waals surface area contributed by atoms with Crippen molar-refractivity contribution in [2.45, 2.75) is 20.8 Å². The van der Waals surface area contributed by atoms with E-state index >= 15 is 0 Å². The highest BCUT2D eigenvalue weighted by Gasteiger charge is 2.20. The van der Waals surface area contributed by atoms with E-state index < -0.39 is 0 Å². The third-order valence-corrected chi connectivity index (χ3v) is 3.01. The Hall–Kier alpha value is -0.960. The molecule has 0 unspecified atom stereocenters. The minimum Gasteiger partial charge on any atom is -0.390 e. The molecular weight excluding hydrogens is 164 g/mol. The van der Waals surface area contributed by atoms with E-state index in [2.05, 4.69) is 18.7 Å². The van der Waals surface area contributed by atoms with Crippen molar-refractivity contribution in [1.82, 2.24) is 9.80 Å². The first-order valence-electron chi connectivity index (χ1n) is 4.46. The molecule has 0 atom stereocenters. The molecule has 1 heterocycles. The van der Waals surface area contributed by atoms with Crippen molar-refractivity contribution in [2.24, 2.45) is 0 Å². The van der Waals surface area contributed by atoms with Crippen LogP contribution in [0.3, 0.4) is 0 Å². The first-order chi connectivity index (χ1) is 6.00. The molecule has 1 aliphatic rings. The molecule has 0 fully saturated rings. The van der Waals surface area contributed by atoms with Gasteiger partial charge in [0.25, 0.3) is 0 Å². The maximum atomic E-state index is 9.20. The van der Waals surface area contributed by atoms with E-state index in [1.54, 1.807) is 0 Å². The average molecular weight is 182 g/mol. The van der Waals surface area contributed by atoms with Gasteiger partial charge in [0.05, 0.1) is 12.3 Å². The van der Waals surface area contributed by atoms with Crippen LogP contribution in [0.15, 0.2) is 22.8 Å². The number of likely N-dealkylation sites (N-methyl/N-ethyl adjacent to an activating group) is 1. The Morgan fingerprint density at radius 1 is 0.923 bits per heavy atom. The van der Waals surface area contributed by atoms with Crippen LogP contribution in [-0.2, 0) is 0 Å². The van der Waals surface area contributed by atoms with Crippen LogP contribution in [0.1, 0.15) is 20.8 Å². The molecule has 0 saturated heterocycles. The molecule has 74 valence electrons. The third kappa shape index (κ3) is 1.44. The summed E-state index contributed by atoms with van der Waals surface area (Å²) in [6.45, 7) is 6.27. The molecule has 0 aromatic rings. The summed E-state index contributed by atoms with van der Waals surface area (Å²) in [6, 6.07) is 0. The van der Waals surface area contributed by atoms with Gasteiger partial charge in [0.15, 0.2) is 0 Å². The molecule has 0 saturated carbocycles. The molecule has 1 aliphatic heterocycles. The highest BCUT2D eigenvalue weighted by atomic mass is 16.3. The smallest absolute Gasteiger partial charge is 0.0850 e. The number of aliphatic hydroxyl groups is 1. The van der Waals surface area contributed by atoms with Gasteiger partial charge in [-0.3, -0.25) is 0 Å². The summed E-state index contributed by atoms with van der Waals surface area (Å²) in [5.74, 6) is 0.